The Labute approximate surface area is 98.0 Å². The molecule has 2 heterocycles. The van der Waals surface area contributed by atoms with E-state index in [1.54, 1.807) is 6.07 Å². The lowest BCUT2D eigenvalue weighted by molar-refractivity contribution is -0.123. The lowest BCUT2D eigenvalue weighted by atomic mass is 10.1. The average Bonchev–Trinajstić information content (AvgIpc) is 2.90. The van der Waals surface area contributed by atoms with E-state index in [4.69, 9.17) is 0 Å². The van der Waals surface area contributed by atoms with E-state index in [-0.39, 0.29) is 5.82 Å². The van der Waals surface area contributed by atoms with E-state index < -0.39 is 12.0 Å². The Balaban J connectivity index is 2.03. The first kappa shape index (κ1) is 10.5. The zero-order valence-corrected chi connectivity index (χ0v) is 9.24. The van der Waals surface area contributed by atoms with E-state index in [2.05, 4.69) is 5.32 Å². The number of anilines is 2. The zero-order valence-electron chi connectivity index (χ0n) is 9.24. The predicted octanol–water partition coefficient (Wildman–Crippen LogP) is 1.41. The summed E-state index contributed by atoms with van der Waals surface area (Å²) < 4.78 is 13.9. The maximum absolute atomic E-state index is 13.9. The molecule has 0 spiro atoms. The van der Waals surface area contributed by atoms with Crippen molar-refractivity contribution in [3.05, 3.63) is 23.5 Å². The van der Waals surface area contributed by atoms with Gasteiger partial charge in [-0.15, -0.1) is 0 Å². The Hall–Kier alpha value is -1.62. The van der Waals surface area contributed by atoms with Crippen molar-refractivity contribution in [1.29, 1.82) is 0 Å². The van der Waals surface area contributed by atoms with Crippen LogP contribution in [0.4, 0.5) is 15.8 Å². The third kappa shape index (κ3) is 1.58. The van der Waals surface area contributed by atoms with Crippen molar-refractivity contribution in [2.45, 2.75) is 18.9 Å². The minimum Gasteiger partial charge on any atom is -0.378 e. The SMILES string of the molecule is O=C1Nc2cc(N3CCCC3)c(F)cc2C1O. The molecule has 0 aliphatic carbocycles. The standard InChI is InChI=1S/C12H13FN2O2/c13-8-5-7-9(14-12(17)11(7)16)6-10(8)15-3-1-2-4-15/h5-6,11,16H,1-4H2,(H,14,17). The van der Waals surface area contributed by atoms with Crippen LogP contribution in [0.25, 0.3) is 0 Å². The van der Waals surface area contributed by atoms with Crippen molar-refractivity contribution in [3.63, 3.8) is 0 Å². The second-order valence-electron chi connectivity index (χ2n) is 4.48. The number of benzene rings is 1. The van der Waals surface area contributed by atoms with Gasteiger partial charge in [-0.05, 0) is 25.0 Å². The average molecular weight is 236 g/mol. The van der Waals surface area contributed by atoms with E-state index >= 15 is 0 Å². The van der Waals surface area contributed by atoms with Crippen molar-refractivity contribution in [2.24, 2.45) is 0 Å². The molecule has 17 heavy (non-hydrogen) atoms. The van der Waals surface area contributed by atoms with E-state index in [9.17, 15) is 14.3 Å². The summed E-state index contributed by atoms with van der Waals surface area (Å²) in [4.78, 5) is 13.2. The van der Waals surface area contributed by atoms with Gasteiger partial charge in [-0.1, -0.05) is 0 Å². The van der Waals surface area contributed by atoms with Crippen molar-refractivity contribution < 1.29 is 14.3 Å². The summed E-state index contributed by atoms with van der Waals surface area (Å²) in [5.74, 6) is -0.862. The molecule has 0 bridgehead atoms. The normalized spacial score (nSPS) is 22.8. The number of nitrogens with one attached hydrogen (secondary N) is 1. The van der Waals surface area contributed by atoms with Gasteiger partial charge in [-0.25, -0.2) is 4.39 Å². The second kappa shape index (κ2) is 3.70. The molecule has 2 aliphatic rings. The van der Waals surface area contributed by atoms with Crippen LogP contribution < -0.4 is 10.2 Å². The molecule has 5 heteroatoms. The van der Waals surface area contributed by atoms with Crippen LogP contribution in [-0.2, 0) is 4.79 Å². The molecular formula is C12H13FN2O2. The summed E-state index contributed by atoms with van der Waals surface area (Å²) >= 11 is 0. The molecule has 1 fully saturated rings. The molecule has 0 aromatic heterocycles. The zero-order chi connectivity index (χ0) is 12.0. The van der Waals surface area contributed by atoms with E-state index in [1.807, 2.05) is 4.90 Å². The Kier molecular flexibility index (Phi) is 2.29. The quantitative estimate of drug-likeness (QED) is 0.775. The molecule has 90 valence electrons. The number of carbonyl (C=O) groups excluding carboxylic acids is 1. The summed E-state index contributed by atoms with van der Waals surface area (Å²) in [6, 6.07) is 2.87. The van der Waals surface area contributed by atoms with Gasteiger partial charge in [0.15, 0.2) is 6.10 Å². The molecule has 1 atom stereocenters. The van der Waals surface area contributed by atoms with Crippen LogP contribution in [0.15, 0.2) is 12.1 Å². The van der Waals surface area contributed by atoms with Gasteiger partial charge in [-0.3, -0.25) is 4.79 Å². The third-order valence-corrected chi connectivity index (χ3v) is 3.37. The number of hydrogen-bond donors (Lipinski definition) is 2. The summed E-state index contributed by atoms with van der Waals surface area (Å²) in [6.45, 7) is 1.68. The smallest absolute Gasteiger partial charge is 0.257 e. The van der Waals surface area contributed by atoms with Gasteiger partial charge >= 0.3 is 0 Å². The molecule has 1 aromatic rings. The molecule has 0 radical (unpaired) electrons. The monoisotopic (exact) mass is 236 g/mol. The van der Waals surface area contributed by atoms with Crippen LogP contribution in [0, 0.1) is 5.82 Å². The van der Waals surface area contributed by atoms with Crippen LogP contribution in [0.5, 0.6) is 0 Å². The maximum atomic E-state index is 13.9. The topological polar surface area (TPSA) is 52.6 Å². The number of nitrogens with zero attached hydrogens (tertiary/aromatic N) is 1. The largest absolute Gasteiger partial charge is 0.378 e. The lowest BCUT2D eigenvalue weighted by Gasteiger charge is -2.19. The fraction of sp³-hybridized carbons (Fsp3) is 0.417. The number of rotatable bonds is 1. The van der Waals surface area contributed by atoms with Gasteiger partial charge in [0.1, 0.15) is 5.82 Å². The molecule has 4 nitrogen and oxygen atoms in total. The summed E-state index contributed by atoms with van der Waals surface area (Å²) in [5, 5.41) is 12.1. The molecule has 1 amide bonds. The first-order valence-electron chi connectivity index (χ1n) is 5.74. The third-order valence-electron chi connectivity index (χ3n) is 3.37. The number of fused-ring (bicyclic) bond motifs is 1. The summed E-state index contributed by atoms with van der Waals surface area (Å²) in [5.41, 5.74) is 1.36. The van der Waals surface area contributed by atoms with Crippen LogP contribution in [0.3, 0.4) is 0 Å². The Morgan fingerprint density at radius 3 is 2.76 bits per heavy atom. The van der Waals surface area contributed by atoms with E-state index in [0.29, 0.717) is 16.9 Å². The van der Waals surface area contributed by atoms with Crippen LogP contribution in [0.2, 0.25) is 0 Å². The van der Waals surface area contributed by atoms with Crippen molar-refractivity contribution in [2.75, 3.05) is 23.3 Å². The van der Waals surface area contributed by atoms with Gasteiger partial charge in [0.25, 0.3) is 5.91 Å². The van der Waals surface area contributed by atoms with Gasteiger partial charge in [0.2, 0.25) is 0 Å². The molecule has 1 unspecified atom stereocenters. The Bertz CT molecular complexity index is 484. The minimum atomic E-state index is -1.24. The molecule has 0 saturated carbocycles. The van der Waals surface area contributed by atoms with E-state index in [0.717, 1.165) is 25.9 Å². The fourth-order valence-electron chi connectivity index (χ4n) is 2.45. The number of hydrogen-bond acceptors (Lipinski definition) is 3. The summed E-state index contributed by atoms with van der Waals surface area (Å²) in [7, 11) is 0. The first-order chi connectivity index (χ1) is 8.16. The maximum Gasteiger partial charge on any atom is 0.257 e. The first-order valence-corrected chi connectivity index (χ1v) is 5.74. The van der Waals surface area contributed by atoms with Gasteiger partial charge in [0.05, 0.1) is 5.69 Å². The van der Waals surface area contributed by atoms with Crippen molar-refractivity contribution in [3.8, 4) is 0 Å². The highest BCUT2D eigenvalue weighted by molar-refractivity contribution is 6.02. The highest BCUT2D eigenvalue weighted by Crippen LogP contribution is 2.36. The number of aliphatic hydroxyl groups excluding tert-OH is 1. The molecule has 1 aromatic carbocycles. The second-order valence-corrected chi connectivity index (χ2v) is 4.48. The minimum absolute atomic E-state index is 0.329. The van der Waals surface area contributed by atoms with E-state index in [1.165, 1.54) is 6.07 Å². The predicted molar refractivity (Wildman–Crippen MR) is 61.4 cm³/mol. The van der Waals surface area contributed by atoms with Crippen LogP contribution in [0.1, 0.15) is 24.5 Å². The number of aliphatic hydroxyl groups is 1. The fourth-order valence-corrected chi connectivity index (χ4v) is 2.45. The van der Waals surface area contributed by atoms with Gasteiger partial charge in [0, 0.05) is 24.3 Å². The number of carbonyl (C=O) groups is 1. The van der Waals surface area contributed by atoms with Crippen LogP contribution in [-0.4, -0.2) is 24.1 Å². The molecule has 2 aliphatic heterocycles. The molecule has 1 saturated heterocycles. The summed E-state index contributed by atoms with van der Waals surface area (Å²) in [6.07, 6.45) is 0.879. The highest BCUT2D eigenvalue weighted by atomic mass is 19.1. The lowest BCUT2D eigenvalue weighted by Crippen LogP contribution is -2.19. The molecule has 2 N–H and O–H groups in total. The number of amides is 1. The molecular weight excluding hydrogens is 223 g/mol. The van der Waals surface area contributed by atoms with Crippen LogP contribution >= 0.6 is 0 Å². The Morgan fingerprint density at radius 1 is 1.35 bits per heavy atom. The van der Waals surface area contributed by atoms with Gasteiger partial charge in [-0.2, -0.15) is 0 Å². The van der Waals surface area contributed by atoms with Crippen molar-refractivity contribution in [1.82, 2.24) is 0 Å². The van der Waals surface area contributed by atoms with Gasteiger partial charge < -0.3 is 15.3 Å². The number of halogens is 1. The molecule has 3 rings (SSSR count). The highest BCUT2D eigenvalue weighted by Gasteiger charge is 2.31. The van der Waals surface area contributed by atoms with Crippen molar-refractivity contribution >= 4 is 17.3 Å². The Morgan fingerprint density at radius 2 is 2.06 bits per heavy atom.